The minimum atomic E-state index is 1.27. The van der Waals surface area contributed by atoms with E-state index in [2.05, 4.69) is 130 Å². The van der Waals surface area contributed by atoms with Crippen molar-refractivity contribution in [1.82, 2.24) is 8.80 Å². The van der Waals surface area contributed by atoms with Crippen LogP contribution in [0.2, 0.25) is 0 Å². The second-order valence-electron chi connectivity index (χ2n) is 11.3. The first-order valence-corrected chi connectivity index (χ1v) is 14.0. The lowest BCUT2D eigenvalue weighted by Crippen LogP contribution is -1.83. The van der Waals surface area contributed by atoms with E-state index >= 15 is 0 Å². The Morgan fingerprint density at radius 3 is 1.23 bits per heavy atom. The number of rotatable bonds is 0. The van der Waals surface area contributed by atoms with Crippen LogP contribution in [0, 0.1) is 0 Å². The predicted octanol–water partition coefficient (Wildman–Crippen LogP) is 10.3. The van der Waals surface area contributed by atoms with Crippen LogP contribution in [-0.2, 0) is 0 Å². The van der Waals surface area contributed by atoms with Crippen LogP contribution in [0.4, 0.5) is 0 Å². The molecule has 11 rings (SSSR count). The highest BCUT2D eigenvalue weighted by molar-refractivity contribution is 6.36. The molecule has 0 N–H and O–H groups in total. The molecule has 0 amide bonds. The Morgan fingerprint density at radius 2 is 0.725 bits per heavy atom. The monoisotopic (exact) mass is 504 g/mol. The molecule has 0 saturated carbocycles. The molecule has 11 aromatic rings. The van der Waals surface area contributed by atoms with E-state index in [4.69, 9.17) is 0 Å². The first kappa shape index (κ1) is 19.7. The van der Waals surface area contributed by atoms with E-state index < -0.39 is 0 Å². The van der Waals surface area contributed by atoms with Crippen LogP contribution in [0.3, 0.4) is 0 Å². The van der Waals surface area contributed by atoms with E-state index in [-0.39, 0.29) is 0 Å². The molecule has 4 aromatic heterocycles. The van der Waals surface area contributed by atoms with Gasteiger partial charge in [0.1, 0.15) is 0 Å². The fourth-order valence-electron chi connectivity index (χ4n) is 7.98. The van der Waals surface area contributed by atoms with Crippen LogP contribution in [0.15, 0.2) is 121 Å². The molecule has 2 nitrogen and oxygen atoms in total. The van der Waals surface area contributed by atoms with E-state index in [0.717, 1.165) is 0 Å². The number of para-hydroxylation sites is 2. The average molecular weight is 505 g/mol. The zero-order valence-electron chi connectivity index (χ0n) is 21.4. The summed E-state index contributed by atoms with van der Waals surface area (Å²) < 4.78 is 5.04. The van der Waals surface area contributed by atoms with Gasteiger partial charge in [-0.3, -0.25) is 0 Å². The summed E-state index contributed by atoms with van der Waals surface area (Å²) in [7, 11) is 0. The Balaban J connectivity index is 1.51. The molecule has 0 saturated heterocycles. The second kappa shape index (κ2) is 6.44. The quantitative estimate of drug-likeness (QED) is 0.194. The van der Waals surface area contributed by atoms with E-state index in [1.165, 1.54) is 97.7 Å². The molecular weight excluding hydrogens is 484 g/mol. The zero-order valence-corrected chi connectivity index (χ0v) is 21.4. The highest BCUT2D eigenvalue weighted by Crippen LogP contribution is 2.47. The van der Waals surface area contributed by atoms with Gasteiger partial charge >= 0.3 is 0 Å². The maximum Gasteiger partial charge on any atom is 0.0626 e. The molecule has 0 aliphatic heterocycles. The third-order valence-corrected chi connectivity index (χ3v) is 9.50. The molecule has 40 heavy (non-hydrogen) atoms. The van der Waals surface area contributed by atoms with Crippen LogP contribution in [-0.4, -0.2) is 8.80 Å². The van der Waals surface area contributed by atoms with Crippen molar-refractivity contribution in [3.63, 3.8) is 0 Å². The van der Waals surface area contributed by atoms with Gasteiger partial charge in [-0.1, -0.05) is 84.9 Å². The third kappa shape index (κ3) is 2.04. The molecule has 0 radical (unpaired) electrons. The van der Waals surface area contributed by atoms with Crippen LogP contribution < -0.4 is 0 Å². The Morgan fingerprint density at radius 1 is 0.300 bits per heavy atom. The summed E-state index contributed by atoms with van der Waals surface area (Å²) in [4.78, 5) is 0. The summed E-state index contributed by atoms with van der Waals surface area (Å²) in [6, 6.07) is 45.3. The molecule has 4 heterocycles. The lowest BCUT2D eigenvalue weighted by Gasteiger charge is -2.04. The van der Waals surface area contributed by atoms with Gasteiger partial charge in [0, 0.05) is 43.1 Å². The van der Waals surface area contributed by atoms with Crippen molar-refractivity contribution in [2.45, 2.75) is 0 Å². The SMILES string of the molecule is c1ccc2c(c1)cc1c3ccccc3n3c4cc5c(cc4c2c13)c1c2ccccc2cc2c3ccccc3n5c21. The maximum atomic E-state index is 2.52. The number of hydrogen-bond acceptors (Lipinski definition) is 0. The van der Waals surface area contributed by atoms with E-state index in [9.17, 15) is 0 Å². The summed E-state index contributed by atoms with van der Waals surface area (Å²) >= 11 is 0. The van der Waals surface area contributed by atoms with Gasteiger partial charge in [0.05, 0.1) is 33.1 Å². The molecule has 0 bridgehead atoms. The Hall–Kier alpha value is -5.34. The van der Waals surface area contributed by atoms with Crippen molar-refractivity contribution in [3.8, 4) is 0 Å². The largest absolute Gasteiger partial charge is 0.308 e. The van der Waals surface area contributed by atoms with Crippen molar-refractivity contribution >= 4 is 97.7 Å². The molecule has 2 heteroatoms. The van der Waals surface area contributed by atoms with Crippen LogP contribution >= 0.6 is 0 Å². The molecule has 0 aliphatic carbocycles. The highest BCUT2D eigenvalue weighted by Gasteiger charge is 2.24. The van der Waals surface area contributed by atoms with Crippen molar-refractivity contribution in [2.24, 2.45) is 0 Å². The van der Waals surface area contributed by atoms with Crippen molar-refractivity contribution in [3.05, 3.63) is 121 Å². The summed E-state index contributed by atoms with van der Waals surface area (Å²) in [6.07, 6.45) is 0. The molecule has 0 unspecified atom stereocenters. The minimum Gasteiger partial charge on any atom is -0.308 e. The summed E-state index contributed by atoms with van der Waals surface area (Å²) in [5.41, 5.74) is 7.77. The van der Waals surface area contributed by atoms with Crippen molar-refractivity contribution in [2.75, 3.05) is 0 Å². The van der Waals surface area contributed by atoms with E-state index in [1.807, 2.05) is 0 Å². The van der Waals surface area contributed by atoms with E-state index in [1.54, 1.807) is 0 Å². The number of fused-ring (bicyclic) bond motifs is 16. The predicted molar refractivity (Wildman–Crippen MR) is 171 cm³/mol. The standard InChI is InChI=1S/C38H20N2/c1-3-11-23-21(9-1)17-27-25-13-5-7-15-31(25)39-33-20-34-30(19-29(33)35(23)37(27)39)36-24-12-4-2-10-22(24)18-28-26-14-6-8-16-32(26)40(34)38(28)36/h1-20H. The lowest BCUT2D eigenvalue weighted by molar-refractivity contribution is 1.35. The maximum absolute atomic E-state index is 2.52. The van der Waals surface area contributed by atoms with E-state index in [0.29, 0.717) is 0 Å². The molecule has 0 fully saturated rings. The Bertz CT molecular complexity index is 2640. The smallest absolute Gasteiger partial charge is 0.0626 e. The fourth-order valence-corrected chi connectivity index (χ4v) is 7.98. The molecule has 182 valence electrons. The molecular formula is C38H20N2. The number of aromatic nitrogens is 2. The Kier molecular flexibility index (Phi) is 3.17. The molecule has 0 atom stereocenters. The fraction of sp³-hybridized carbons (Fsp3) is 0. The van der Waals surface area contributed by atoms with Gasteiger partial charge in [-0.2, -0.15) is 0 Å². The number of nitrogens with zero attached hydrogens (tertiary/aromatic N) is 2. The second-order valence-corrected chi connectivity index (χ2v) is 11.3. The average Bonchev–Trinajstić information content (AvgIpc) is 3.72. The summed E-state index contributed by atoms with van der Waals surface area (Å²) in [6.45, 7) is 0. The molecule has 0 aliphatic rings. The zero-order chi connectivity index (χ0) is 25.7. The first-order chi connectivity index (χ1) is 19.9. The lowest BCUT2D eigenvalue weighted by atomic mass is 9.97. The summed E-state index contributed by atoms with van der Waals surface area (Å²) in [5, 5.41) is 15.9. The van der Waals surface area contributed by atoms with Gasteiger partial charge in [-0.15, -0.1) is 0 Å². The van der Waals surface area contributed by atoms with Gasteiger partial charge in [-0.05, 0) is 57.9 Å². The van der Waals surface area contributed by atoms with Crippen molar-refractivity contribution in [1.29, 1.82) is 0 Å². The topological polar surface area (TPSA) is 8.82 Å². The van der Waals surface area contributed by atoms with Gasteiger partial charge in [-0.25, -0.2) is 0 Å². The van der Waals surface area contributed by atoms with Crippen molar-refractivity contribution < 1.29 is 0 Å². The van der Waals surface area contributed by atoms with Gasteiger partial charge in [0.15, 0.2) is 0 Å². The van der Waals surface area contributed by atoms with Crippen LogP contribution in [0.25, 0.3) is 97.7 Å². The number of benzene rings is 7. The first-order valence-electron chi connectivity index (χ1n) is 14.0. The summed E-state index contributed by atoms with van der Waals surface area (Å²) in [5.74, 6) is 0. The van der Waals surface area contributed by atoms with Gasteiger partial charge < -0.3 is 8.80 Å². The molecule has 7 aromatic carbocycles. The van der Waals surface area contributed by atoms with Gasteiger partial charge in [0.2, 0.25) is 0 Å². The van der Waals surface area contributed by atoms with Gasteiger partial charge in [0.25, 0.3) is 0 Å². The minimum absolute atomic E-state index is 1.27. The third-order valence-electron chi connectivity index (χ3n) is 9.50. The molecule has 0 spiro atoms. The number of hydrogen-bond donors (Lipinski definition) is 0. The Labute approximate surface area is 227 Å². The van der Waals surface area contributed by atoms with Crippen LogP contribution in [0.5, 0.6) is 0 Å². The van der Waals surface area contributed by atoms with Crippen LogP contribution in [0.1, 0.15) is 0 Å². The highest BCUT2D eigenvalue weighted by atomic mass is 14.9. The normalized spacial score (nSPS) is 13.0.